The highest BCUT2D eigenvalue weighted by Gasteiger charge is 2.18. The van der Waals surface area contributed by atoms with Gasteiger partial charge in [-0.2, -0.15) is 0 Å². The van der Waals surface area contributed by atoms with Gasteiger partial charge in [0.05, 0.1) is 33.9 Å². The number of aliphatic hydroxyl groups excluding tert-OH is 2. The zero-order chi connectivity index (χ0) is 14.7. The Hall–Kier alpha value is -0.250. The first kappa shape index (κ1) is 20.1. The summed E-state index contributed by atoms with van der Waals surface area (Å²) in [6.07, 6.45) is 2.33. The molecule has 0 spiro atoms. The highest BCUT2D eigenvalue weighted by atomic mass is 32.3. The van der Waals surface area contributed by atoms with E-state index in [0.29, 0.717) is 0 Å². The average Bonchev–Trinajstić information content (AvgIpc) is 2.27. The van der Waals surface area contributed by atoms with Gasteiger partial charge in [-0.25, -0.2) is 8.42 Å². The Bertz CT molecular complexity index is 274. The van der Waals surface area contributed by atoms with Crippen LogP contribution in [0, 0.1) is 0 Å². The van der Waals surface area contributed by atoms with Crippen molar-refractivity contribution in [3.8, 4) is 0 Å². The Labute approximate surface area is 110 Å². The van der Waals surface area contributed by atoms with Gasteiger partial charge in [-0.1, -0.05) is 13.3 Å². The van der Waals surface area contributed by atoms with Crippen molar-refractivity contribution in [1.29, 1.82) is 0 Å². The van der Waals surface area contributed by atoms with Crippen molar-refractivity contribution in [3.05, 3.63) is 0 Å². The summed E-state index contributed by atoms with van der Waals surface area (Å²) in [5, 5.41) is 17.7. The van der Waals surface area contributed by atoms with Crippen molar-refractivity contribution < 1.29 is 31.8 Å². The number of nitrogens with zero attached hydrogens (tertiary/aromatic N) is 1. The van der Waals surface area contributed by atoms with E-state index in [1.807, 2.05) is 0 Å². The highest BCUT2D eigenvalue weighted by Crippen LogP contribution is 2.04. The van der Waals surface area contributed by atoms with E-state index < -0.39 is 10.4 Å². The minimum atomic E-state index is -4.41. The fourth-order valence-corrected chi connectivity index (χ4v) is 1.36. The van der Waals surface area contributed by atoms with Crippen LogP contribution in [0.2, 0.25) is 0 Å². The second-order valence-corrected chi connectivity index (χ2v) is 5.32. The molecule has 0 aliphatic rings. The summed E-state index contributed by atoms with van der Waals surface area (Å²) in [5.41, 5.74) is 0. The number of hydrogen-bond donors (Lipinski definition) is 2. The van der Waals surface area contributed by atoms with E-state index in [4.69, 9.17) is 10.2 Å². The quantitative estimate of drug-likeness (QED) is 0.348. The zero-order valence-corrected chi connectivity index (χ0v) is 12.1. The van der Waals surface area contributed by atoms with Gasteiger partial charge in [-0.3, -0.25) is 4.18 Å². The number of rotatable bonds is 8. The van der Waals surface area contributed by atoms with Gasteiger partial charge in [0, 0.05) is 0 Å². The smallest absolute Gasteiger partial charge is 0.217 e. The van der Waals surface area contributed by atoms with Gasteiger partial charge >= 0.3 is 0 Å². The second kappa shape index (κ2) is 10.7. The van der Waals surface area contributed by atoms with Gasteiger partial charge in [0.2, 0.25) is 10.4 Å². The molecule has 0 rings (SSSR count). The Kier molecular flexibility index (Phi) is 11.9. The average molecular weight is 287 g/mol. The first-order chi connectivity index (χ1) is 8.24. The molecule has 0 fully saturated rings. The maximum Gasteiger partial charge on any atom is 0.217 e. The molecular formula is C10H25NO6S. The maximum absolute atomic E-state index is 9.22. The summed E-state index contributed by atoms with van der Waals surface area (Å²) in [6, 6.07) is 0. The van der Waals surface area contributed by atoms with Crippen LogP contribution in [-0.2, 0) is 14.6 Å². The molecule has 0 aromatic carbocycles. The Morgan fingerprint density at radius 3 is 1.78 bits per heavy atom. The van der Waals surface area contributed by atoms with Crippen LogP contribution >= 0.6 is 0 Å². The second-order valence-electron chi connectivity index (χ2n) is 4.17. The topological polar surface area (TPSA) is 107 Å². The Morgan fingerprint density at radius 1 is 1.17 bits per heavy atom. The van der Waals surface area contributed by atoms with Gasteiger partial charge in [0.25, 0.3) is 0 Å². The molecule has 0 heterocycles. The molecule has 0 aliphatic heterocycles. The molecule has 112 valence electrons. The summed E-state index contributed by atoms with van der Waals surface area (Å²) in [6.45, 7) is 5.13. The number of likely N-dealkylation sites (N-methyl/N-ethyl adjacent to an activating group) is 1. The lowest BCUT2D eigenvalue weighted by atomic mass is 10.2. The number of hydrogen-bond acceptors (Lipinski definition) is 6. The Morgan fingerprint density at radius 2 is 1.56 bits per heavy atom. The van der Waals surface area contributed by atoms with Crippen molar-refractivity contribution in [3.63, 3.8) is 0 Å². The van der Waals surface area contributed by atoms with Crippen molar-refractivity contribution >= 4 is 10.4 Å². The molecule has 0 atom stereocenters. The summed E-state index contributed by atoms with van der Waals surface area (Å²) >= 11 is 0. The van der Waals surface area contributed by atoms with Crippen LogP contribution in [0.4, 0.5) is 0 Å². The molecule has 0 aromatic heterocycles. The van der Waals surface area contributed by atoms with E-state index in [1.54, 1.807) is 0 Å². The van der Waals surface area contributed by atoms with Gasteiger partial charge in [-0.15, -0.1) is 0 Å². The standard InChI is InChI=1S/C9H22NO2.CH4O4S/c1-3-4-5-10(2,6-8-11)7-9-12;1-5-6(2,3)4/h11-12H,3-9H2,1-2H3;1H3,(H,2,3,4)/q+1;/p-1. The number of quaternary nitrogens is 1. The summed E-state index contributed by atoms with van der Waals surface area (Å²) < 4.78 is 31.8. The minimum absolute atomic E-state index is 0.209. The van der Waals surface area contributed by atoms with Crippen molar-refractivity contribution in [2.75, 3.05) is 47.0 Å². The highest BCUT2D eigenvalue weighted by molar-refractivity contribution is 7.80. The molecule has 0 aliphatic carbocycles. The van der Waals surface area contributed by atoms with E-state index in [0.717, 1.165) is 37.6 Å². The predicted molar refractivity (Wildman–Crippen MR) is 66.6 cm³/mol. The van der Waals surface area contributed by atoms with Gasteiger partial charge < -0.3 is 19.2 Å². The molecule has 7 nitrogen and oxygen atoms in total. The van der Waals surface area contributed by atoms with Crippen molar-refractivity contribution in [2.45, 2.75) is 19.8 Å². The van der Waals surface area contributed by atoms with E-state index in [9.17, 15) is 13.0 Å². The predicted octanol–water partition coefficient (Wildman–Crippen LogP) is -0.689. The van der Waals surface area contributed by atoms with Gasteiger partial charge in [0.1, 0.15) is 13.1 Å². The third-order valence-corrected chi connectivity index (χ3v) is 2.94. The SMILES string of the molecule is CCCC[N+](C)(CCO)CCO.COS(=O)(=O)[O-]. The third kappa shape index (κ3) is 13.8. The van der Waals surface area contributed by atoms with Crippen molar-refractivity contribution in [1.82, 2.24) is 0 Å². The summed E-state index contributed by atoms with van der Waals surface area (Å²) in [4.78, 5) is 0. The minimum Gasteiger partial charge on any atom is -0.726 e. The molecule has 0 saturated carbocycles. The normalized spacial score (nSPS) is 11.9. The van der Waals surface area contributed by atoms with Crippen LogP contribution in [0.5, 0.6) is 0 Å². The molecule has 2 N–H and O–H groups in total. The molecule has 0 unspecified atom stereocenters. The first-order valence-corrected chi connectivity index (χ1v) is 7.14. The molecule has 8 heteroatoms. The largest absolute Gasteiger partial charge is 0.726 e. The fraction of sp³-hybridized carbons (Fsp3) is 1.00. The summed E-state index contributed by atoms with van der Waals surface area (Å²) in [7, 11) is -1.52. The molecule has 0 aromatic rings. The van der Waals surface area contributed by atoms with E-state index in [2.05, 4.69) is 18.2 Å². The van der Waals surface area contributed by atoms with Gasteiger partial charge in [0.15, 0.2) is 0 Å². The van der Waals surface area contributed by atoms with Crippen LogP contribution in [0.3, 0.4) is 0 Å². The van der Waals surface area contributed by atoms with E-state index in [-0.39, 0.29) is 13.2 Å². The van der Waals surface area contributed by atoms with Crippen LogP contribution in [-0.4, -0.2) is 74.7 Å². The van der Waals surface area contributed by atoms with Crippen LogP contribution in [0.1, 0.15) is 19.8 Å². The van der Waals surface area contributed by atoms with Crippen LogP contribution in [0.25, 0.3) is 0 Å². The van der Waals surface area contributed by atoms with Crippen LogP contribution < -0.4 is 0 Å². The third-order valence-electron chi connectivity index (χ3n) is 2.54. The van der Waals surface area contributed by atoms with Gasteiger partial charge in [-0.05, 0) is 6.42 Å². The van der Waals surface area contributed by atoms with E-state index >= 15 is 0 Å². The lowest BCUT2D eigenvalue weighted by molar-refractivity contribution is -0.910. The number of aliphatic hydroxyl groups is 2. The van der Waals surface area contributed by atoms with Crippen LogP contribution in [0.15, 0.2) is 0 Å². The summed E-state index contributed by atoms with van der Waals surface area (Å²) in [5.74, 6) is 0. The molecule has 0 saturated heterocycles. The van der Waals surface area contributed by atoms with Crippen molar-refractivity contribution in [2.24, 2.45) is 0 Å². The number of unbranched alkanes of at least 4 members (excludes halogenated alkanes) is 1. The monoisotopic (exact) mass is 287 g/mol. The molecule has 0 amide bonds. The fourth-order valence-electron chi connectivity index (χ4n) is 1.36. The first-order valence-electron chi connectivity index (χ1n) is 5.81. The molecule has 0 radical (unpaired) electrons. The molecular weight excluding hydrogens is 262 g/mol. The lowest BCUT2D eigenvalue weighted by Gasteiger charge is -2.33. The molecule has 0 bridgehead atoms. The lowest BCUT2D eigenvalue weighted by Crippen LogP contribution is -2.48. The Balaban J connectivity index is 0. The maximum atomic E-state index is 9.22. The van der Waals surface area contributed by atoms with E-state index in [1.165, 1.54) is 6.42 Å². The zero-order valence-electron chi connectivity index (χ0n) is 11.3. The molecule has 18 heavy (non-hydrogen) atoms.